The number of nitrogen functional groups attached to an aromatic ring is 1. The smallest absolute Gasteiger partial charge is 0.265 e. The molecule has 0 fully saturated rings. The summed E-state index contributed by atoms with van der Waals surface area (Å²) in [5.41, 5.74) is 5.70. The van der Waals surface area contributed by atoms with Gasteiger partial charge in [0.05, 0.1) is 6.61 Å². The summed E-state index contributed by atoms with van der Waals surface area (Å²) in [6, 6.07) is -0.668. The van der Waals surface area contributed by atoms with Gasteiger partial charge in [-0.2, -0.15) is 0 Å². The molecule has 1 aromatic heterocycles. The molecule has 0 aliphatic rings. The maximum Gasteiger partial charge on any atom is 0.265 e. The monoisotopic (exact) mass is 315 g/mol. The van der Waals surface area contributed by atoms with E-state index in [1.165, 1.54) is 0 Å². The first-order valence-electron chi connectivity index (χ1n) is 6.57. The minimum absolute atomic E-state index is 0.153. The van der Waals surface area contributed by atoms with Gasteiger partial charge >= 0.3 is 0 Å². The van der Waals surface area contributed by atoms with E-state index in [2.05, 4.69) is 20.9 Å². The average Bonchev–Trinajstić information content (AvgIpc) is 2.80. The lowest BCUT2D eigenvalue weighted by Gasteiger charge is -2.13. The van der Waals surface area contributed by atoms with Crippen LogP contribution >= 0.6 is 11.3 Å². The van der Waals surface area contributed by atoms with E-state index in [0.29, 0.717) is 29.7 Å². The van der Waals surface area contributed by atoms with E-state index in [-0.39, 0.29) is 11.7 Å². The highest BCUT2D eigenvalue weighted by Crippen LogP contribution is 2.24. The van der Waals surface area contributed by atoms with Gasteiger partial charge in [-0.1, -0.05) is 11.3 Å². The molecule has 0 aliphatic heterocycles. The molecule has 8 nitrogen and oxygen atoms in total. The second kappa shape index (κ2) is 8.42. The fraction of sp³-hybridized carbons (Fsp3) is 0.583. The Morgan fingerprint density at radius 1 is 1.48 bits per heavy atom. The molecule has 1 heterocycles. The molecule has 0 aliphatic carbocycles. The molecule has 21 heavy (non-hydrogen) atoms. The predicted molar refractivity (Wildman–Crippen MR) is 82.5 cm³/mol. The van der Waals surface area contributed by atoms with Crippen molar-refractivity contribution in [2.75, 3.05) is 37.9 Å². The maximum absolute atomic E-state index is 12.1. The number of nitrogens with one attached hydrogen (secondary N) is 3. The quantitative estimate of drug-likeness (QED) is 0.503. The molecular formula is C12H21N5O3S. The van der Waals surface area contributed by atoms with Crippen molar-refractivity contribution in [2.24, 2.45) is 0 Å². The Balaban J connectivity index is 2.57. The number of ether oxygens (including phenoxy) is 1. The fourth-order valence-electron chi connectivity index (χ4n) is 1.48. The molecule has 1 rings (SSSR count). The highest BCUT2D eigenvalue weighted by Gasteiger charge is 2.20. The van der Waals surface area contributed by atoms with E-state index in [1.807, 2.05) is 6.92 Å². The van der Waals surface area contributed by atoms with E-state index in [0.717, 1.165) is 11.3 Å². The van der Waals surface area contributed by atoms with Crippen LogP contribution in [0, 0.1) is 0 Å². The standard InChI is InChI=1S/C12H21N5O3S/c1-4-14-12-17-9(13)8(21-12)11(19)16-7(2)10(18)15-5-6-20-3/h7H,4-6,13H2,1-3H3,(H,14,17)(H,15,18)(H,16,19). The predicted octanol–water partition coefficient (Wildman–Crippen LogP) is 0.0380. The Bertz CT molecular complexity index is 491. The van der Waals surface area contributed by atoms with Crippen molar-refractivity contribution < 1.29 is 14.3 Å². The zero-order chi connectivity index (χ0) is 15.8. The Morgan fingerprint density at radius 3 is 2.81 bits per heavy atom. The number of carbonyl (C=O) groups excluding carboxylic acids is 2. The third-order valence-corrected chi connectivity index (χ3v) is 3.56. The Morgan fingerprint density at radius 2 is 2.19 bits per heavy atom. The summed E-state index contributed by atoms with van der Waals surface area (Å²) in [5, 5.41) is 8.80. The summed E-state index contributed by atoms with van der Waals surface area (Å²) < 4.78 is 4.83. The first-order valence-corrected chi connectivity index (χ1v) is 7.38. The van der Waals surface area contributed by atoms with Gasteiger partial charge in [0, 0.05) is 20.2 Å². The Labute approximate surface area is 127 Å². The Hall–Kier alpha value is -1.87. The van der Waals surface area contributed by atoms with Gasteiger partial charge in [0.25, 0.3) is 5.91 Å². The molecule has 5 N–H and O–H groups in total. The lowest BCUT2D eigenvalue weighted by molar-refractivity contribution is -0.122. The number of aromatic nitrogens is 1. The third kappa shape index (κ3) is 5.20. The van der Waals surface area contributed by atoms with Crippen LogP contribution < -0.4 is 21.7 Å². The molecule has 0 saturated carbocycles. The number of nitrogens with two attached hydrogens (primary N) is 1. The zero-order valence-electron chi connectivity index (χ0n) is 12.4. The van der Waals surface area contributed by atoms with Crippen molar-refractivity contribution in [1.29, 1.82) is 0 Å². The van der Waals surface area contributed by atoms with Crippen LogP contribution in [0.1, 0.15) is 23.5 Å². The molecule has 0 radical (unpaired) electrons. The number of methoxy groups -OCH3 is 1. The minimum Gasteiger partial charge on any atom is -0.383 e. The van der Waals surface area contributed by atoms with Crippen molar-refractivity contribution >= 4 is 34.1 Å². The van der Waals surface area contributed by atoms with E-state index in [4.69, 9.17) is 10.5 Å². The van der Waals surface area contributed by atoms with Crippen molar-refractivity contribution in [3.63, 3.8) is 0 Å². The van der Waals surface area contributed by atoms with Crippen LogP contribution in [0.4, 0.5) is 10.9 Å². The van der Waals surface area contributed by atoms with Crippen LogP contribution in [-0.4, -0.2) is 49.6 Å². The second-order valence-corrected chi connectivity index (χ2v) is 5.24. The number of hydrogen-bond donors (Lipinski definition) is 4. The van der Waals surface area contributed by atoms with Crippen molar-refractivity contribution in [3.05, 3.63) is 4.88 Å². The molecule has 2 amide bonds. The molecule has 0 aromatic carbocycles. The molecule has 9 heteroatoms. The molecule has 0 bridgehead atoms. The normalized spacial score (nSPS) is 11.8. The highest BCUT2D eigenvalue weighted by molar-refractivity contribution is 7.18. The SMILES string of the molecule is CCNc1nc(N)c(C(=O)NC(C)C(=O)NCCOC)s1. The third-order valence-electron chi connectivity index (χ3n) is 2.53. The number of thiazole rings is 1. The summed E-state index contributed by atoms with van der Waals surface area (Å²) in [5.74, 6) is -0.542. The molecule has 118 valence electrons. The van der Waals surface area contributed by atoms with Crippen molar-refractivity contribution in [1.82, 2.24) is 15.6 Å². The molecule has 1 atom stereocenters. The molecule has 1 aromatic rings. The molecular weight excluding hydrogens is 294 g/mol. The number of amides is 2. The zero-order valence-corrected chi connectivity index (χ0v) is 13.2. The van der Waals surface area contributed by atoms with Crippen molar-refractivity contribution in [2.45, 2.75) is 19.9 Å². The summed E-state index contributed by atoms with van der Waals surface area (Å²) in [6.07, 6.45) is 0. The first kappa shape index (κ1) is 17.2. The number of carbonyl (C=O) groups is 2. The fourth-order valence-corrected chi connectivity index (χ4v) is 2.33. The van der Waals surface area contributed by atoms with Crippen LogP contribution in [0.3, 0.4) is 0 Å². The van der Waals surface area contributed by atoms with Gasteiger partial charge < -0.3 is 26.4 Å². The second-order valence-electron chi connectivity index (χ2n) is 4.24. The van der Waals surface area contributed by atoms with Gasteiger partial charge in [-0.25, -0.2) is 4.98 Å². The maximum atomic E-state index is 12.1. The number of nitrogens with zero attached hydrogens (tertiary/aromatic N) is 1. The Kier molecular flexibility index (Phi) is 6.89. The van der Waals surface area contributed by atoms with Gasteiger partial charge in [-0.05, 0) is 13.8 Å². The first-order chi connectivity index (χ1) is 9.99. The topological polar surface area (TPSA) is 118 Å². The summed E-state index contributed by atoms with van der Waals surface area (Å²) in [6.45, 7) is 5.02. The largest absolute Gasteiger partial charge is 0.383 e. The van der Waals surface area contributed by atoms with Gasteiger partial charge in [-0.15, -0.1) is 0 Å². The van der Waals surface area contributed by atoms with Crippen molar-refractivity contribution in [3.8, 4) is 0 Å². The number of anilines is 2. The average molecular weight is 315 g/mol. The van der Waals surface area contributed by atoms with Gasteiger partial charge in [0.15, 0.2) is 5.13 Å². The van der Waals surface area contributed by atoms with Crippen LogP contribution in [0.5, 0.6) is 0 Å². The van der Waals surface area contributed by atoms with E-state index in [1.54, 1.807) is 14.0 Å². The van der Waals surface area contributed by atoms with Crippen LogP contribution in [0.15, 0.2) is 0 Å². The molecule has 0 spiro atoms. The summed E-state index contributed by atoms with van der Waals surface area (Å²) in [4.78, 5) is 28.2. The molecule has 0 saturated heterocycles. The lowest BCUT2D eigenvalue weighted by atomic mass is 10.3. The summed E-state index contributed by atoms with van der Waals surface area (Å²) in [7, 11) is 1.55. The van der Waals surface area contributed by atoms with Crippen LogP contribution in [0.25, 0.3) is 0 Å². The number of rotatable bonds is 8. The van der Waals surface area contributed by atoms with E-state index in [9.17, 15) is 9.59 Å². The summed E-state index contributed by atoms with van der Waals surface area (Å²) >= 11 is 1.16. The van der Waals surface area contributed by atoms with Crippen LogP contribution in [-0.2, 0) is 9.53 Å². The minimum atomic E-state index is -0.668. The van der Waals surface area contributed by atoms with Crippen LogP contribution in [0.2, 0.25) is 0 Å². The van der Waals surface area contributed by atoms with E-state index < -0.39 is 11.9 Å². The lowest BCUT2D eigenvalue weighted by Crippen LogP contribution is -2.45. The number of hydrogen-bond acceptors (Lipinski definition) is 7. The van der Waals surface area contributed by atoms with Gasteiger partial charge in [0.1, 0.15) is 16.7 Å². The molecule has 1 unspecified atom stereocenters. The van der Waals surface area contributed by atoms with E-state index >= 15 is 0 Å². The highest BCUT2D eigenvalue weighted by atomic mass is 32.1. The van der Waals surface area contributed by atoms with Gasteiger partial charge in [0.2, 0.25) is 5.91 Å². The van der Waals surface area contributed by atoms with Gasteiger partial charge in [-0.3, -0.25) is 9.59 Å².